The van der Waals surface area contributed by atoms with Crippen LogP contribution in [-0.2, 0) is 0 Å². The molecule has 0 saturated carbocycles. The van der Waals surface area contributed by atoms with E-state index in [9.17, 15) is 0 Å². The van der Waals surface area contributed by atoms with Crippen LogP contribution in [0.15, 0.2) is 18.5 Å². The first kappa shape index (κ1) is 10.2. The third-order valence-electron chi connectivity index (χ3n) is 2.40. The van der Waals surface area contributed by atoms with Crippen LogP contribution in [0.25, 0.3) is 22.7 Å². The molecule has 0 radical (unpaired) electrons. The standard InChI is InChI=1S/C11H10N4OS/c1-6-5-7(11(16-2)17-6)8-14-9-10(15-8)13-4-3-12-9/h3-5H,1-2H3,(H,12,13,14,15). The Morgan fingerprint density at radius 1 is 1.29 bits per heavy atom. The predicted molar refractivity (Wildman–Crippen MR) is 66.3 cm³/mol. The minimum Gasteiger partial charge on any atom is -0.487 e. The minimum absolute atomic E-state index is 0.619. The first-order chi connectivity index (χ1) is 8.28. The Morgan fingerprint density at radius 3 is 2.88 bits per heavy atom. The normalized spacial score (nSPS) is 10.9. The molecule has 17 heavy (non-hydrogen) atoms. The van der Waals surface area contributed by atoms with Crippen molar-refractivity contribution in [3.8, 4) is 16.5 Å². The molecule has 6 heteroatoms. The molecule has 0 aliphatic rings. The number of aryl methyl sites for hydroxylation is 1. The van der Waals surface area contributed by atoms with E-state index in [0.29, 0.717) is 11.3 Å². The van der Waals surface area contributed by atoms with Gasteiger partial charge in [0.25, 0.3) is 0 Å². The molecule has 0 atom stereocenters. The Hall–Kier alpha value is -1.95. The van der Waals surface area contributed by atoms with Gasteiger partial charge >= 0.3 is 0 Å². The number of rotatable bonds is 2. The average Bonchev–Trinajstić information content (AvgIpc) is 2.91. The highest BCUT2D eigenvalue weighted by molar-refractivity contribution is 7.14. The van der Waals surface area contributed by atoms with Crippen molar-refractivity contribution in [1.82, 2.24) is 19.9 Å². The van der Waals surface area contributed by atoms with Crippen molar-refractivity contribution in [2.75, 3.05) is 7.11 Å². The summed E-state index contributed by atoms with van der Waals surface area (Å²) < 4.78 is 5.33. The molecule has 3 aromatic rings. The number of aromatic nitrogens is 4. The summed E-state index contributed by atoms with van der Waals surface area (Å²) >= 11 is 1.60. The van der Waals surface area contributed by atoms with Gasteiger partial charge in [0.1, 0.15) is 5.82 Å². The smallest absolute Gasteiger partial charge is 0.197 e. The lowest BCUT2D eigenvalue weighted by Crippen LogP contribution is -1.83. The fraction of sp³-hybridized carbons (Fsp3) is 0.182. The Morgan fingerprint density at radius 2 is 2.12 bits per heavy atom. The molecule has 3 rings (SSSR count). The van der Waals surface area contributed by atoms with E-state index in [-0.39, 0.29) is 0 Å². The zero-order chi connectivity index (χ0) is 11.8. The van der Waals surface area contributed by atoms with Crippen LogP contribution in [0.4, 0.5) is 0 Å². The summed E-state index contributed by atoms with van der Waals surface area (Å²) in [7, 11) is 1.66. The molecule has 0 unspecified atom stereocenters. The maximum Gasteiger partial charge on any atom is 0.197 e. The highest BCUT2D eigenvalue weighted by Crippen LogP contribution is 2.36. The van der Waals surface area contributed by atoms with E-state index < -0.39 is 0 Å². The van der Waals surface area contributed by atoms with E-state index in [0.717, 1.165) is 16.5 Å². The van der Waals surface area contributed by atoms with Gasteiger partial charge in [0, 0.05) is 17.3 Å². The maximum absolute atomic E-state index is 5.33. The van der Waals surface area contributed by atoms with Crippen molar-refractivity contribution >= 4 is 22.6 Å². The van der Waals surface area contributed by atoms with Crippen LogP contribution in [0, 0.1) is 6.92 Å². The lowest BCUT2D eigenvalue weighted by molar-refractivity contribution is 0.428. The van der Waals surface area contributed by atoms with Crippen molar-refractivity contribution in [2.45, 2.75) is 6.92 Å². The van der Waals surface area contributed by atoms with Crippen LogP contribution in [-0.4, -0.2) is 27.0 Å². The topological polar surface area (TPSA) is 63.7 Å². The molecule has 3 aromatic heterocycles. The molecule has 0 saturated heterocycles. The summed E-state index contributed by atoms with van der Waals surface area (Å²) in [6.07, 6.45) is 3.27. The molecule has 1 N–H and O–H groups in total. The molecule has 0 bridgehead atoms. The Bertz CT molecular complexity index is 640. The minimum atomic E-state index is 0.619. The second-order valence-corrected chi connectivity index (χ2v) is 4.80. The molecule has 3 heterocycles. The number of imidazole rings is 1. The second kappa shape index (κ2) is 3.81. The molecule has 86 valence electrons. The Balaban J connectivity index is 2.19. The number of methoxy groups -OCH3 is 1. The fourth-order valence-corrected chi connectivity index (χ4v) is 2.50. The number of H-pyrrole nitrogens is 1. The summed E-state index contributed by atoms with van der Waals surface area (Å²) in [5.74, 6) is 0.743. The predicted octanol–water partition coefficient (Wildman–Crippen LogP) is 2.40. The highest BCUT2D eigenvalue weighted by atomic mass is 32.1. The van der Waals surface area contributed by atoms with Crippen molar-refractivity contribution in [1.29, 1.82) is 0 Å². The first-order valence-corrected chi connectivity index (χ1v) is 5.91. The van der Waals surface area contributed by atoms with Gasteiger partial charge in [-0.25, -0.2) is 15.0 Å². The van der Waals surface area contributed by atoms with Gasteiger partial charge in [-0.1, -0.05) is 0 Å². The van der Waals surface area contributed by atoms with E-state index in [1.807, 2.05) is 13.0 Å². The average molecular weight is 246 g/mol. The number of ether oxygens (including phenoxy) is 1. The molecular formula is C11H10N4OS. The van der Waals surface area contributed by atoms with Gasteiger partial charge in [0.15, 0.2) is 16.4 Å². The van der Waals surface area contributed by atoms with Crippen molar-refractivity contribution < 1.29 is 4.74 Å². The maximum atomic E-state index is 5.33. The third-order valence-corrected chi connectivity index (χ3v) is 3.41. The summed E-state index contributed by atoms with van der Waals surface area (Å²) in [5, 5.41) is 0.849. The van der Waals surface area contributed by atoms with Crippen LogP contribution in [0.5, 0.6) is 5.06 Å². The fourth-order valence-electron chi connectivity index (χ4n) is 1.68. The molecular weight excluding hydrogens is 236 g/mol. The van der Waals surface area contributed by atoms with Crippen LogP contribution in [0.1, 0.15) is 4.88 Å². The highest BCUT2D eigenvalue weighted by Gasteiger charge is 2.14. The van der Waals surface area contributed by atoms with Crippen LogP contribution in [0.2, 0.25) is 0 Å². The summed E-state index contributed by atoms with van der Waals surface area (Å²) in [4.78, 5) is 17.0. The summed E-state index contributed by atoms with van der Waals surface area (Å²) in [5.41, 5.74) is 2.26. The molecule has 5 nitrogen and oxygen atoms in total. The zero-order valence-electron chi connectivity index (χ0n) is 9.39. The molecule has 0 spiro atoms. The number of nitrogens with zero attached hydrogens (tertiary/aromatic N) is 3. The van der Waals surface area contributed by atoms with E-state index in [4.69, 9.17) is 4.74 Å². The van der Waals surface area contributed by atoms with Gasteiger partial charge in [-0.2, -0.15) is 0 Å². The summed E-state index contributed by atoms with van der Waals surface area (Å²) in [6.45, 7) is 2.04. The lowest BCUT2D eigenvalue weighted by Gasteiger charge is -1.97. The number of aromatic amines is 1. The number of fused-ring (bicyclic) bond motifs is 1. The van der Waals surface area contributed by atoms with Crippen LogP contribution in [0.3, 0.4) is 0 Å². The third kappa shape index (κ3) is 1.66. The monoisotopic (exact) mass is 246 g/mol. The van der Waals surface area contributed by atoms with Crippen molar-refractivity contribution in [2.24, 2.45) is 0 Å². The number of hydrogen-bond donors (Lipinski definition) is 1. The van der Waals surface area contributed by atoms with Gasteiger partial charge in [-0.3, -0.25) is 0 Å². The largest absolute Gasteiger partial charge is 0.487 e. The lowest BCUT2D eigenvalue weighted by atomic mass is 10.3. The molecule has 0 aromatic carbocycles. The van der Waals surface area contributed by atoms with Crippen LogP contribution < -0.4 is 4.74 Å². The van der Waals surface area contributed by atoms with E-state index in [1.165, 1.54) is 4.88 Å². The van der Waals surface area contributed by atoms with Gasteiger partial charge in [0.05, 0.1) is 12.7 Å². The Kier molecular flexibility index (Phi) is 2.29. The van der Waals surface area contributed by atoms with E-state index in [1.54, 1.807) is 30.8 Å². The van der Waals surface area contributed by atoms with Gasteiger partial charge in [0.2, 0.25) is 0 Å². The van der Waals surface area contributed by atoms with E-state index >= 15 is 0 Å². The van der Waals surface area contributed by atoms with Gasteiger partial charge in [-0.15, -0.1) is 11.3 Å². The molecule has 0 aliphatic carbocycles. The zero-order valence-corrected chi connectivity index (χ0v) is 10.2. The second-order valence-electron chi connectivity index (χ2n) is 3.58. The first-order valence-electron chi connectivity index (χ1n) is 5.09. The van der Waals surface area contributed by atoms with Crippen molar-refractivity contribution in [3.05, 3.63) is 23.3 Å². The van der Waals surface area contributed by atoms with Crippen LogP contribution >= 0.6 is 11.3 Å². The molecule has 0 amide bonds. The van der Waals surface area contributed by atoms with Gasteiger partial charge in [-0.05, 0) is 13.0 Å². The number of nitrogens with one attached hydrogen (secondary N) is 1. The quantitative estimate of drug-likeness (QED) is 0.754. The van der Waals surface area contributed by atoms with Gasteiger partial charge < -0.3 is 9.72 Å². The van der Waals surface area contributed by atoms with E-state index in [2.05, 4.69) is 19.9 Å². The van der Waals surface area contributed by atoms with Crippen molar-refractivity contribution in [3.63, 3.8) is 0 Å². The number of thiophene rings is 1. The molecule has 0 fully saturated rings. The SMILES string of the molecule is COc1sc(C)cc1-c1nc2nccnc2[nH]1. The molecule has 0 aliphatic heterocycles. The number of hydrogen-bond acceptors (Lipinski definition) is 5. The Labute approximate surface area is 102 Å². The summed E-state index contributed by atoms with van der Waals surface area (Å²) in [6, 6.07) is 2.04.